The van der Waals surface area contributed by atoms with E-state index in [1.807, 2.05) is 18.2 Å². The SMILES string of the molecule is COc1ccc(CNC(=O)N2CCN(C3CCS(=O)(=O)C3)CC2)cc1OC. The van der Waals surface area contributed by atoms with Crippen molar-refractivity contribution in [1.29, 1.82) is 0 Å². The lowest BCUT2D eigenvalue weighted by Gasteiger charge is -2.37. The highest BCUT2D eigenvalue weighted by atomic mass is 32.2. The fraction of sp³-hybridized carbons (Fsp3) is 0.611. The maximum atomic E-state index is 12.4. The van der Waals surface area contributed by atoms with Crippen molar-refractivity contribution in [3.05, 3.63) is 23.8 Å². The van der Waals surface area contributed by atoms with Crippen molar-refractivity contribution in [3.8, 4) is 11.5 Å². The number of nitrogens with one attached hydrogen (secondary N) is 1. The van der Waals surface area contributed by atoms with Gasteiger partial charge in [0.2, 0.25) is 0 Å². The molecule has 27 heavy (non-hydrogen) atoms. The average Bonchev–Trinajstić information content (AvgIpc) is 3.05. The number of urea groups is 1. The summed E-state index contributed by atoms with van der Waals surface area (Å²) in [5.74, 6) is 1.81. The molecule has 3 rings (SSSR count). The monoisotopic (exact) mass is 397 g/mol. The maximum absolute atomic E-state index is 12.4. The third-order valence-electron chi connectivity index (χ3n) is 5.22. The van der Waals surface area contributed by atoms with E-state index in [1.54, 1.807) is 19.1 Å². The summed E-state index contributed by atoms with van der Waals surface area (Å²) in [6, 6.07) is 5.54. The molecular weight excluding hydrogens is 370 g/mol. The van der Waals surface area contributed by atoms with Crippen molar-refractivity contribution in [2.24, 2.45) is 0 Å². The number of hydrogen-bond donors (Lipinski definition) is 1. The molecule has 0 radical (unpaired) electrons. The highest BCUT2D eigenvalue weighted by Crippen LogP contribution is 2.27. The molecule has 1 N–H and O–H groups in total. The number of piperazine rings is 1. The van der Waals surface area contributed by atoms with Crippen LogP contribution in [-0.2, 0) is 16.4 Å². The van der Waals surface area contributed by atoms with Gasteiger partial charge in [-0.2, -0.15) is 0 Å². The van der Waals surface area contributed by atoms with Gasteiger partial charge in [0.15, 0.2) is 21.3 Å². The minimum Gasteiger partial charge on any atom is -0.493 e. The van der Waals surface area contributed by atoms with Gasteiger partial charge >= 0.3 is 6.03 Å². The lowest BCUT2D eigenvalue weighted by atomic mass is 10.2. The number of nitrogens with zero attached hydrogens (tertiary/aromatic N) is 2. The highest BCUT2D eigenvalue weighted by molar-refractivity contribution is 7.91. The second kappa shape index (κ2) is 8.35. The maximum Gasteiger partial charge on any atom is 0.317 e. The lowest BCUT2D eigenvalue weighted by molar-refractivity contribution is 0.115. The molecule has 0 bridgehead atoms. The van der Waals surface area contributed by atoms with Gasteiger partial charge in [0, 0.05) is 38.8 Å². The molecule has 1 atom stereocenters. The third-order valence-corrected chi connectivity index (χ3v) is 6.97. The Hall–Kier alpha value is -2.00. The van der Waals surface area contributed by atoms with Gasteiger partial charge in [-0.25, -0.2) is 13.2 Å². The van der Waals surface area contributed by atoms with Gasteiger partial charge in [-0.05, 0) is 24.1 Å². The summed E-state index contributed by atoms with van der Waals surface area (Å²) in [4.78, 5) is 16.4. The molecule has 0 aliphatic carbocycles. The van der Waals surface area contributed by atoms with E-state index in [0.29, 0.717) is 50.6 Å². The Morgan fingerprint density at radius 2 is 1.85 bits per heavy atom. The van der Waals surface area contributed by atoms with Crippen molar-refractivity contribution in [1.82, 2.24) is 15.1 Å². The van der Waals surface area contributed by atoms with Crippen molar-refractivity contribution in [2.75, 3.05) is 51.9 Å². The smallest absolute Gasteiger partial charge is 0.317 e. The number of amides is 2. The third kappa shape index (κ3) is 4.84. The van der Waals surface area contributed by atoms with E-state index in [1.165, 1.54) is 0 Å². The number of benzene rings is 1. The van der Waals surface area contributed by atoms with E-state index < -0.39 is 9.84 Å². The molecule has 9 heteroatoms. The topological polar surface area (TPSA) is 88.2 Å². The molecule has 2 heterocycles. The van der Waals surface area contributed by atoms with E-state index in [0.717, 1.165) is 5.56 Å². The van der Waals surface area contributed by atoms with Gasteiger partial charge in [0.1, 0.15) is 0 Å². The zero-order chi connectivity index (χ0) is 19.4. The van der Waals surface area contributed by atoms with Crippen LogP contribution in [0, 0.1) is 0 Å². The first kappa shape index (κ1) is 19.8. The second-order valence-corrected chi connectivity index (χ2v) is 9.16. The molecule has 2 aliphatic rings. The number of ether oxygens (including phenoxy) is 2. The zero-order valence-electron chi connectivity index (χ0n) is 15.8. The van der Waals surface area contributed by atoms with Crippen LogP contribution in [0.25, 0.3) is 0 Å². The molecule has 2 saturated heterocycles. The largest absolute Gasteiger partial charge is 0.493 e. The fourth-order valence-electron chi connectivity index (χ4n) is 3.63. The fourth-order valence-corrected chi connectivity index (χ4v) is 5.40. The van der Waals surface area contributed by atoms with Gasteiger partial charge in [-0.3, -0.25) is 4.90 Å². The van der Waals surface area contributed by atoms with E-state index in [2.05, 4.69) is 10.2 Å². The predicted molar refractivity (Wildman–Crippen MR) is 102 cm³/mol. The van der Waals surface area contributed by atoms with Gasteiger partial charge in [-0.15, -0.1) is 0 Å². The first-order chi connectivity index (χ1) is 12.9. The van der Waals surface area contributed by atoms with E-state index in [4.69, 9.17) is 9.47 Å². The molecule has 0 aromatic heterocycles. The Labute approximate surface area is 160 Å². The van der Waals surface area contributed by atoms with Gasteiger partial charge in [-0.1, -0.05) is 6.07 Å². The summed E-state index contributed by atoms with van der Waals surface area (Å²) in [7, 11) is 0.283. The molecular formula is C18H27N3O5S. The Morgan fingerprint density at radius 3 is 2.44 bits per heavy atom. The Morgan fingerprint density at radius 1 is 1.15 bits per heavy atom. The molecule has 8 nitrogen and oxygen atoms in total. The summed E-state index contributed by atoms with van der Waals surface area (Å²) in [6.45, 7) is 3.04. The standard InChI is InChI=1S/C18H27N3O5S/c1-25-16-4-3-14(11-17(16)26-2)12-19-18(22)21-8-6-20(7-9-21)15-5-10-27(23,24)13-15/h3-4,11,15H,5-10,12-13H2,1-2H3,(H,19,22). The average molecular weight is 397 g/mol. The number of sulfone groups is 1. The highest BCUT2D eigenvalue weighted by Gasteiger charge is 2.34. The van der Waals surface area contributed by atoms with Crippen molar-refractivity contribution < 1.29 is 22.7 Å². The normalized spacial score (nSPS) is 22.4. The van der Waals surface area contributed by atoms with Gasteiger partial charge in [0.05, 0.1) is 25.7 Å². The van der Waals surface area contributed by atoms with Crippen LogP contribution < -0.4 is 14.8 Å². The van der Waals surface area contributed by atoms with Gasteiger partial charge in [0.25, 0.3) is 0 Å². The van der Waals surface area contributed by atoms with Crippen LogP contribution in [0.5, 0.6) is 11.5 Å². The molecule has 1 unspecified atom stereocenters. The number of methoxy groups -OCH3 is 2. The molecule has 1 aromatic carbocycles. The molecule has 2 fully saturated rings. The number of carbonyl (C=O) groups is 1. The second-order valence-electron chi connectivity index (χ2n) is 6.93. The van der Waals surface area contributed by atoms with Gasteiger partial charge < -0.3 is 19.7 Å². The van der Waals surface area contributed by atoms with Crippen molar-refractivity contribution in [3.63, 3.8) is 0 Å². The van der Waals surface area contributed by atoms with Crippen molar-refractivity contribution in [2.45, 2.75) is 19.0 Å². The summed E-state index contributed by atoms with van der Waals surface area (Å²) < 4.78 is 33.8. The van der Waals surface area contributed by atoms with Crippen LogP contribution in [0.4, 0.5) is 4.79 Å². The van der Waals surface area contributed by atoms with Crippen LogP contribution in [-0.4, -0.2) is 82.2 Å². The molecule has 2 amide bonds. The van der Waals surface area contributed by atoms with Crippen molar-refractivity contribution >= 4 is 15.9 Å². The molecule has 0 saturated carbocycles. The molecule has 150 valence electrons. The van der Waals surface area contributed by atoms with Crippen LogP contribution in [0.2, 0.25) is 0 Å². The lowest BCUT2D eigenvalue weighted by Crippen LogP contribution is -2.54. The summed E-state index contributed by atoms with van der Waals surface area (Å²) in [5.41, 5.74) is 0.927. The summed E-state index contributed by atoms with van der Waals surface area (Å²) >= 11 is 0. The molecule has 2 aliphatic heterocycles. The minimum atomic E-state index is -2.88. The van der Waals surface area contributed by atoms with Crippen LogP contribution >= 0.6 is 0 Å². The van der Waals surface area contributed by atoms with E-state index >= 15 is 0 Å². The van der Waals surface area contributed by atoms with E-state index in [9.17, 15) is 13.2 Å². The summed E-state index contributed by atoms with van der Waals surface area (Å²) in [6.07, 6.45) is 0.702. The first-order valence-corrected chi connectivity index (χ1v) is 10.9. The summed E-state index contributed by atoms with van der Waals surface area (Å²) in [5, 5.41) is 2.93. The van der Waals surface area contributed by atoms with Crippen LogP contribution in [0.1, 0.15) is 12.0 Å². The first-order valence-electron chi connectivity index (χ1n) is 9.10. The Kier molecular flexibility index (Phi) is 6.11. The predicted octanol–water partition coefficient (Wildman–Crippen LogP) is 0.718. The Balaban J connectivity index is 1.47. The molecule has 0 spiro atoms. The Bertz CT molecular complexity index is 775. The molecule has 1 aromatic rings. The number of rotatable bonds is 5. The van der Waals surface area contributed by atoms with Crippen LogP contribution in [0.15, 0.2) is 18.2 Å². The number of carbonyl (C=O) groups excluding carboxylic acids is 1. The minimum absolute atomic E-state index is 0.104. The number of hydrogen-bond acceptors (Lipinski definition) is 6. The zero-order valence-corrected chi connectivity index (χ0v) is 16.6. The van der Waals surface area contributed by atoms with Crippen LogP contribution in [0.3, 0.4) is 0 Å². The van der Waals surface area contributed by atoms with E-state index in [-0.39, 0.29) is 23.6 Å². The quantitative estimate of drug-likeness (QED) is 0.788.